The Labute approximate surface area is 108 Å². The summed E-state index contributed by atoms with van der Waals surface area (Å²) in [5.41, 5.74) is 2.24. The van der Waals surface area contributed by atoms with E-state index in [0.29, 0.717) is 5.37 Å². The van der Waals surface area contributed by atoms with E-state index in [2.05, 4.69) is 53.1 Å². The molecule has 17 heavy (non-hydrogen) atoms. The molecule has 3 rings (SSSR count). The van der Waals surface area contributed by atoms with Crippen LogP contribution in [0.3, 0.4) is 0 Å². The van der Waals surface area contributed by atoms with E-state index in [1.54, 1.807) is 23.1 Å². The first-order valence-electron chi connectivity index (χ1n) is 5.40. The molecule has 1 N–H and O–H groups in total. The van der Waals surface area contributed by atoms with Crippen LogP contribution < -0.4 is 5.32 Å². The second-order valence-corrected chi connectivity index (χ2v) is 5.78. The number of hydrogen-bond donors (Lipinski definition) is 1. The van der Waals surface area contributed by atoms with E-state index >= 15 is 0 Å². The van der Waals surface area contributed by atoms with Crippen LogP contribution in [0, 0.1) is 0 Å². The summed E-state index contributed by atoms with van der Waals surface area (Å²) in [6, 6.07) is 8.25. The molecule has 4 heteroatoms. The molecular formula is C13H12N2S2. The summed E-state index contributed by atoms with van der Waals surface area (Å²) in [4.78, 5) is 4.64. The van der Waals surface area contributed by atoms with Crippen molar-refractivity contribution < 1.29 is 0 Å². The Kier molecular flexibility index (Phi) is 2.91. The Bertz CT molecular complexity index is 565. The number of aromatic nitrogens is 1. The van der Waals surface area contributed by atoms with Gasteiger partial charge in [-0.05, 0) is 18.4 Å². The van der Waals surface area contributed by atoms with E-state index in [4.69, 9.17) is 0 Å². The average Bonchev–Trinajstić information content (AvgIpc) is 2.82. The van der Waals surface area contributed by atoms with E-state index in [9.17, 15) is 0 Å². The Morgan fingerprint density at radius 3 is 2.94 bits per heavy atom. The quantitative estimate of drug-likeness (QED) is 0.894. The summed E-state index contributed by atoms with van der Waals surface area (Å²) in [5, 5.41) is 4.80. The number of para-hydroxylation sites is 1. The first-order chi connectivity index (χ1) is 8.36. The second kappa shape index (κ2) is 4.55. The molecular weight excluding hydrogens is 248 g/mol. The van der Waals surface area contributed by atoms with Crippen molar-refractivity contribution >= 4 is 38.9 Å². The van der Waals surface area contributed by atoms with Crippen LogP contribution in [-0.2, 0) is 0 Å². The van der Waals surface area contributed by atoms with Crippen molar-refractivity contribution in [2.45, 2.75) is 5.37 Å². The topological polar surface area (TPSA) is 24.9 Å². The third-order valence-electron chi connectivity index (χ3n) is 2.65. The lowest BCUT2D eigenvalue weighted by Gasteiger charge is -2.15. The normalized spacial score (nSPS) is 19.1. The number of benzene rings is 1. The van der Waals surface area contributed by atoms with Crippen LogP contribution in [0.15, 0.2) is 42.6 Å². The zero-order valence-corrected chi connectivity index (χ0v) is 11.0. The maximum absolute atomic E-state index is 4.64. The van der Waals surface area contributed by atoms with E-state index in [-0.39, 0.29) is 0 Å². The van der Waals surface area contributed by atoms with Gasteiger partial charge < -0.3 is 5.32 Å². The largest absolute Gasteiger partial charge is 0.375 e. The molecule has 0 aliphatic carbocycles. The zero-order valence-electron chi connectivity index (χ0n) is 9.38. The predicted octanol–water partition coefficient (Wildman–Crippen LogP) is 3.49. The van der Waals surface area contributed by atoms with Gasteiger partial charge in [-0.25, -0.2) is 4.98 Å². The van der Waals surface area contributed by atoms with Crippen LogP contribution in [0.1, 0.15) is 5.01 Å². The molecule has 0 saturated carbocycles. The molecule has 1 aliphatic heterocycles. The molecule has 1 aliphatic rings. The van der Waals surface area contributed by atoms with Gasteiger partial charge in [0.1, 0.15) is 5.01 Å². The Morgan fingerprint density at radius 1 is 1.35 bits per heavy atom. The molecule has 0 amide bonds. The molecule has 1 aromatic carbocycles. The maximum atomic E-state index is 4.64. The molecule has 2 heterocycles. The molecule has 0 radical (unpaired) electrons. The monoisotopic (exact) mass is 260 g/mol. The van der Waals surface area contributed by atoms with Crippen LogP contribution in [-0.4, -0.2) is 16.6 Å². The lowest BCUT2D eigenvalue weighted by molar-refractivity contribution is 0.918. The summed E-state index contributed by atoms with van der Waals surface area (Å²) in [7, 11) is 0. The summed E-state index contributed by atoms with van der Waals surface area (Å²) in [5.74, 6) is 0. The number of rotatable bonds is 2. The van der Waals surface area contributed by atoms with E-state index in [1.165, 1.54) is 4.70 Å². The standard InChI is InChI=1S/C13H12N2S2/c1-16-12-7-6-9(8-14-12)13-15-10-4-2-3-5-11(10)17-13/h2-8,12,14H,1H3. The van der Waals surface area contributed by atoms with Gasteiger partial charge in [-0.15, -0.1) is 23.1 Å². The summed E-state index contributed by atoms with van der Waals surface area (Å²) < 4.78 is 1.24. The van der Waals surface area contributed by atoms with Gasteiger partial charge in [0.05, 0.1) is 15.6 Å². The minimum atomic E-state index is 0.383. The highest BCUT2D eigenvalue weighted by molar-refractivity contribution is 7.99. The summed E-state index contributed by atoms with van der Waals surface area (Å²) in [6.07, 6.45) is 8.47. The molecule has 1 unspecified atom stereocenters. The van der Waals surface area contributed by atoms with Gasteiger partial charge in [0.2, 0.25) is 0 Å². The SMILES string of the molecule is CSC1C=CC(c2nc3ccccc3s2)=CN1. The Hall–Kier alpha value is -1.26. The maximum Gasteiger partial charge on any atom is 0.126 e. The number of thiazole rings is 1. The lowest BCUT2D eigenvalue weighted by Crippen LogP contribution is -2.20. The third kappa shape index (κ3) is 2.10. The summed E-state index contributed by atoms with van der Waals surface area (Å²) >= 11 is 3.52. The van der Waals surface area contributed by atoms with Crippen LogP contribution in [0.4, 0.5) is 0 Å². The first-order valence-corrected chi connectivity index (χ1v) is 7.50. The van der Waals surface area contributed by atoms with Crippen molar-refractivity contribution in [3.05, 3.63) is 47.6 Å². The average molecular weight is 260 g/mol. The van der Waals surface area contributed by atoms with Crippen LogP contribution in [0.2, 0.25) is 0 Å². The molecule has 2 aromatic rings. The minimum Gasteiger partial charge on any atom is -0.375 e. The number of allylic oxidation sites excluding steroid dienone is 2. The number of thioether (sulfide) groups is 1. The molecule has 0 spiro atoms. The van der Waals surface area contributed by atoms with Crippen molar-refractivity contribution in [2.24, 2.45) is 0 Å². The number of nitrogens with one attached hydrogen (secondary N) is 1. The molecule has 2 nitrogen and oxygen atoms in total. The van der Waals surface area contributed by atoms with Gasteiger partial charge in [-0.3, -0.25) is 0 Å². The number of dihydropyridines is 1. The van der Waals surface area contributed by atoms with Crippen molar-refractivity contribution in [1.29, 1.82) is 0 Å². The minimum absolute atomic E-state index is 0.383. The van der Waals surface area contributed by atoms with Crippen LogP contribution in [0.25, 0.3) is 15.8 Å². The molecule has 0 fully saturated rings. The highest BCUT2D eigenvalue weighted by Crippen LogP contribution is 2.28. The number of nitrogens with zero attached hydrogens (tertiary/aromatic N) is 1. The van der Waals surface area contributed by atoms with Gasteiger partial charge in [0.15, 0.2) is 0 Å². The highest BCUT2D eigenvalue weighted by atomic mass is 32.2. The van der Waals surface area contributed by atoms with E-state index < -0.39 is 0 Å². The van der Waals surface area contributed by atoms with E-state index in [1.807, 2.05) is 6.07 Å². The number of fused-ring (bicyclic) bond motifs is 1. The fraction of sp³-hybridized carbons (Fsp3) is 0.154. The van der Waals surface area contributed by atoms with Crippen molar-refractivity contribution in [2.75, 3.05) is 6.26 Å². The summed E-state index contributed by atoms with van der Waals surface area (Å²) in [6.45, 7) is 0. The van der Waals surface area contributed by atoms with Crippen LogP contribution >= 0.6 is 23.1 Å². The lowest BCUT2D eigenvalue weighted by atomic mass is 10.2. The molecule has 0 bridgehead atoms. The molecule has 1 atom stereocenters. The van der Waals surface area contributed by atoms with Crippen molar-refractivity contribution in [1.82, 2.24) is 10.3 Å². The van der Waals surface area contributed by atoms with Gasteiger partial charge in [0, 0.05) is 11.8 Å². The number of hydrogen-bond acceptors (Lipinski definition) is 4. The van der Waals surface area contributed by atoms with Gasteiger partial charge in [-0.1, -0.05) is 24.3 Å². The fourth-order valence-corrected chi connectivity index (χ4v) is 3.14. The van der Waals surface area contributed by atoms with Gasteiger partial charge >= 0.3 is 0 Å². The van der Waals surface area contributed by atoms with Crippen molar-refractivity contribution in [3.8, 4) is 0 Å². The fourth-order valence-electron chi connectivity index (χ4n) is 1.74. The molecule has 1 aromatic heterocycles. The van der Waals surface area contributed by atoms with E-state index in [0.717, 1.165) is 16.1 Å². The molecule has 0 saturated heterocycles. The molecule has 86 valence electrons. The second-order valence-electron chi connectivity index (χ2n) is 3.77. The van der Waals surface area contributed by atoms with Gasteiger partial charge in [0.25, 0.3) is 0 Å². The Morgan fingerprint density at radius 2 is 2.24 bits per heavy atom. The smallest absolute Gasteiger partial charge is 0.126 e. The zero-order chi connectivity index (χ0) is 11.7. The first kappa shape index (κ1) is 10.9. The van der Waals surface area contributed by atoms with Gasteiger partial charge in [-0.2, -0.15) is 0 Å². The van der Waals surface area contributed by atoms with Crippen molar-refractivity contribution in [3.63, 3.8) is 0 Å². The Balaban J connectivity index is 1.95. The highest BCUT2D eigenvalue weighted by Gasteiger charge is 2.11. The third-order valence-corrected chi connectivity index (χ3v) is 4.54. The van der Waals surface area contributed by atoms with Crippen LogP contribution in [0.5, 0.6) is 0 Å². The predicted molar refractivity (Wildman–Crippen MR) is 77.2 cm³/mol.